The Bertz CT molecular complexity index is 872. The Hall–Kier alpha value is -2.96. The Morgan fingerprint density at radius 2 is 2.04 bits per heavy atom. The monoisotopic (exact) mass is 374 g/mol. The third-order valence-electron chi connectivity index (χ3n) is 4.65. The Morgan fingerprint density at radius 1 is 1.26 bits per heavy atom. The first-order valence-corrected chi connectivity index (χ1v) is 8.58. The first-order chi connectivity index (χ1) is 12.9. The molecule has 0 aliphatic carbocycles. The van der Waals surface area contributed by atoms with Crippen LogP contribution in [0.5, 0.6) is 5.75 Å². The Morgan fingerprint density at radius 3 is 2.74 bits per heavy atom. The maximum Gasteiger partial charge on any atom is 0.227 e. The average molecular weight is 374 g/mol. The fourth-order valence-electron chi connectivity index (χ4n) is 3.17. The van der Waals surface area contributed by atoms with Gasteiger partial charge in [0.05, 0.1) is 19.1 Å². The molecule has 2 amide bonds. The molecule has 1 N–H and O–H groups in total. The summed E-state index contributed by atoms with van der Waals surface area (Å²) >= 11 is 0. The van der Waals surface area contributed by atoms with E-state index in [-0.39, 0.29) is 30.3 Å². The zero-order chi connectivity index (χ0) is 19.6. The zero-order valence-corrected chi connectivity index (χ0v) is 15.0. The summed E-state index contributed by atoms with van der Waals surface area (Å²) in [7, 11) is 1.54. The van der Waals surface area contributed by atoms with Crippen molar-refractivity contribution in [2.45, 2.75) is 19.4 Å². The molecular weight excluding hydrogens is 354 g/mol. The van der Waals surface area contributed by atoms with Gasteiger partial charge in [0, 0.05) is 36.3 Å². The van der Waals surface area contributed by atoms with E-state index in [1.165, 1.54) is 18.1 Å². The molecule has 142 valence electrons. The summed E-state index contributed by atoms with van der Waals surface area (Å²) in [5.41, 5.74) is 0.853. The van der Waals surface area contributed by atoms with Gasteiger partial charge in [-0.15, -0.1) is 0 Å². The molecular formula is C20H20F2N2O3. The van der Waals surface area contributed by atoms with Crippen molar-refractivity contribution >= 4 is 17.5 Å². The van der Waals surface area contributed by atoms with Crippen molar-refractivity contribution in [1.82, 2.24) is 5.32 Å². The van der Waals surface area contributed by atoms with Crippen LogP contribution in [0.15, 0.2) is 42.5 Å². The van der Waals surface area contributed by atoms with Crippen LogP contribution < -0.4 is 15.0 Å². The third-order valence-corrected chi connectivity index (χ3v) is 4.65. The van der Waals surface area contributed by atoms with Crippen molar-refractivity contribution in [2.24, 2.45) is 5.92 Å². The zero-order valence-electron chi connectivity index (χ0n) is 15.0. The second-order valence-electron chi connectivity index (χ2n) is 6.50. The lowest BCUT2D eigenvalue weighted by Crippen LogP contribution is -2.34. The van der Waals surface area contributed by atoms with Crippen LogP contribution in [0.4, 0.5) is 14.5 Å². The lowest BCUT2D eigenvalue weighted by molar-refractivity contribution is -0.126. The predicted octanol–water partition coefficient (Wildman–Crippen LogP) is 3.20. The minimum Gasteiger partial charge on any atom is -0.497 e. The van der Waals surface area contributed by atoms with Gasteiger partial charge in [0.15, 0.2) is 0 Å². The molecule has 5 nitrogen and oxygen atoms in total. The van der Waals surface area contributed by atoms with Crippen molar-refractivity contribution in [3.8, 4) is 5.75 Å². The number of nitrogens with one attached hydrogen (secondary N) is 1. The van der Waals surface area contributed by atoms with Gasteiger partial charge in [0.1, 0.15) is 17.4 Å². The average Bonchev–Trinajstić information content (AvgIpc) is 3.03. The SMILES string of the molecule is COc1cccc(N2C[C@@H](C(=O)N[C@H](C)c3ccc(F)cc3F)CC2=O)c1. The maximum atomic E-state index is 13.9. The number of carbonyl (C=O) groups excluding carboxylic acids is 2. The van der Waals surface area contributed by atoms with E-state index < -0.39 is 23.6 Å². The molecule has 1 aliphatic rings. The van der Waals surface area contributed by atoms with Crippen LogP contribution in [0.25, 0.3) is 0 Å². The van der Waals surface area contributed by atoms with E-state index in [0.717, 1.165) is 12.1 Å². The van der Waals surface area contributed by atoms with Crippen LogP contribution in [0, 0.1) is 17.6 Å². The number of amides is 2. The number of ether oxygens (including phenoxy) is 1. The van der Waals surface area contributed by atoms with Crippen LogP contribution in [-0.2, 0) is 9.59 Å². The second kappa shape index (κ2) is 7.73. The number of nitrogens with zero attached hydrogens (tertiary/aromatic N) is 1. The number of rotatable bonds is 5. The van der Waals surface area contributed by atoms with Crippen LogP contribution in [-0.4, -0.2) is 25.5 Å². The first kappa shape index (κ1) is 18.8. The lowest BCUT2D eigenvalue weighted by Gasteiger charge is -2.19. The molecule has 2 atom stereocenters. The van der Waals surface area contributed by atoms with E-state index in [1.807, 2.05) is 0 Å². The van der Waals surface area contributed by atoms with E-state index in [2.05, 4.69) is 5.32 Å². The summed E-state index contributed by atoms with van der Waals surface area (Å²) in [5, 5.41) is 2.71. The van der Waals surface area contributed by atoms with Gasteiger partial charge in [0.25, 0.3) is 0 Å². The van der Waals surface area contributed by atoms with Crippen LogP contribution in [0.2, 0.25) is 0 Å². The number of carbonyl (C=O) groups is 2. The topological polar surface area (TPSA) is 58.6 Å². The van der Waals surface area contributed by atoms with Crippen LogP contribution in [0.1, 0.15) is 24.9 Å². The quantitative estimate of drug-likeness (QED) is 0.874. The maximum absolute atomic E-state index is 13.9. The van der Waals surface area contributed by atoms with Gasteiger partial charge in [-0.05, 0) is 25.1 Å². The molecule has 2 aromatic rings. The largest absolute Gasteiger partial charge is 0.497 e. The van der Waals surface area contributed by atoms with Crippen molar-refractivity contribution in [3.63, 3.8) is 0 Å². The number of halogens is 2. The molecule has 7 heteroatoms. The van der Waals surface area contributed by atoms with Crippen LogP contribution >= 0.6 is 0 Å². The first-order valence-electron chi connectivity index (χ1n) is 8.58. The van der Waals surface area contributed by atoms with Crippen molar-refractivity contribution < 1.29 is 23.1 Å². The summed E-state index contributed by atoms with van der Waals surface area (Å²) in [4.78, 5) is 26.4. The number of methoxy groups -OCH3 is 1. The molecule has 1 fully saturated rings. The normalized spacial score (nSPS) is 17.7. The number of hydrogen-bond acceptors (Lipinski definition) is 3. The fourth-order valence-corrected chi connectivity index (χ4v) is 3.17. The molecule has 0 unspecified atom stereocenters. The smallest absolute Gasteiger partial charge is 0.227 e. The van der Waals surface area contributed by atoms with Crippen molar-refractivity contribution in [2.75, 3.05) is 18.6 Å². The molecule has 0 bridgehead atoms. The summed E-state index contributed by atoms with van der Waals surface area (Å²) in [5.74, 6) is -1.83. The molecule has 0 saturated carbocycles. The van der Waals surface area contributed by atoms with Gasteiger partial charge in [-0.25, -0.2) is 8.78 Å². The van der Waals surface area contributed by atoms with E-state index in [0.29, 0.717) is 11.4 Å². The Labute approximate surface area is 155 Å². The molecule has 0 aromatic heterocycles. The van der Waals surface area contributed by atoms with Gasteiger partial charge in [-0.3, -0.25) is 9.59 Å². The highest BCUT2D eigenvalue weighted by atomic mass is 19.1. The summed E-state index contributed by atoms with van der Waals surface area (Å²) in [6, 6.07) is 9.64. The van der Waals surface area contributed by atoms with E-state index in [4.69, 9.17) is 4.74 Å². The fraction of sp³-hybridized carbons (Fsp3) is 0.300. The molecule has 27 heavy (non-hydrogen) atoms. The van der Waals surface area contributed by atoms with Crippen molar-refractivity contribution in [1.29, 1.82) is 0 Å². The number of anilines is 1. The lowest BCUT2D eigenvalue weighted by atomic mass is 10.0. The minimum absolute atomic E-state index is 0.0711. The predicted molar refractivity (Wildman–Crippen MR) is 96.4 cm³/mol. The number of hydrogen-bond donors (Lipinski definition) is 1. The highest BCUT2D eigenvalue weighted by Gasteiger charge is 2.35. The highest BCUT2D eigenvalue weighted by Crippen LogP contribution is 2.28. The van der Waals surface area contributed by atoms with E-state index in [1.54, 1.807) is 31.2 Å². The molecule has 0 radical (unpaired) electrons. The molecule has 1 aliphatic heterocycles. The Balaban J connectivity index is 1.68. The second-order valence-corrected chi connectivity index (χ2v) is 6.50. The standard InChI is InChI=1S/C20H20F2N2O3/c1-12(17-7-6-14(21)9-18(17)22)23-20(26)13-8-19(25)24(11-13)15-4-3-5-16(10-15)27-2/h3-7,9-10,12-13H,8,11H2,1-2H3,(H,23,26)/t12-,13+/m1/s1. The van der Waals surface area contributed by atoms with E-state index >= 15 is 0 Å². The molecule has 1 saturated heterocycles. The van der Waals surface area contributed by atoms with Gasteiger partial charge in [-0.2, -0.15) is 0 Å². The van der Waals surface area contributed by atoms with Gasteiger partial charge >= 0.3 is 0 Å². The summed E-state index contributed by atoms with van der Waals surface area (Å²) in [6.45, 7) is 1.85. The molecule has 3 rings (SSSR count). The molecule has 2 aromatic carbocycles. The number of benzene rings is 2. The van der Waals surface area contributed by atoms with E-state index in [9.17, 15) is 18.4 Å². The van der Waals surface area contributed by atoms with Crippen molar-refractivity contribution in [3.05, 3.63) is 59.7 Å². The highest BCUT2D eigenvalue weighted by molar-refractivity contribution is 6.00. The minimum atomic E-state index is -0.719. The van der Waals surface area contributed by atoms with Crippen LogP contribution in [0.3, 0.4) is 0 Å². The van der Waals surface area contributed by atoms with Gasteiger partial charge in [-0.1, -0.05) is 12.1 Å². The summed E-state index contributed by atoms with van der Waals surface area (Å²) < 4.78 is 32.1. The van der Waals surface area contributed by atoms with Gasteiger partial charge in [0.2, 0.25) is 11.8 Å². The summed E-state index contributed by atoms with van der Waals surface area (Å²) in [6.07, 6.45) is 0.0711. The third kappa shape index (κ3) is 4.07. The molecule has 1 heterocycles. The van der Waals surface area contributed by atoms with Gasteiger partial charge < -0.3 is 15.0 Å². The molecule has 0 spiro atoms. The Kier molecular flexibility index (Phi) is 5.39.